The first-order chi connectivity index (χ1) is 7.24. The highest BCUT2D eigenvalue weighted by Crippen LogP contribution is 2.29. The number of aliphatic hydroxyl groups is 1. The Kier molecular flexibility index (Phi) is 3.12. The van der Waals surface area contributed by atoms with Crippen LogP contribution >= 0.6 is 15.9 Å². The van der Waals surface area contributed by atoms with Gasteiger partial charge in [0.2, 0.25) is 0 Å². The van der Waals surface area contributed by atoms with Crippen molar-refractivity contribution in [1.29, 1.82) is 0 Å². The number of rotatable bonds is 3. The predicted molar refractivity (Wildman–Crippen MR) is 63.8 cm³/mol. The van der Waals surface area contributed by atoms with Crippen molar-refractivity contribution in [2.75, 3.05) is 0 Å². The fourth-order valence-corrected chi connectivity index (χ4v) is 2.29. The molecule has 0 amide bonds. The third-order valence-electron chi connectivity index (χ3n) is 2.36. The van der Waals surface area contributed by atoms with Gasteiger partial charge in [-0.2, -0.15) is 0 Å². The Bertz CT molecular complexity index is 474. The highest BCUT2D eigenvalue weighted by atomic mass is 79.9. The SMILES string of the molecule is CCCc1cc2cc(CO)cc(Br)c2o1. The van der Waals surface area contributed by atoms with Crippen LogP contribution in [0.25, 0.3) is 11.0 Å². The van der Waals surface area contributed by atoms with Crippen molar-refractivity contribution < 1.29 is 9.52 Å². The van der Waals surface area contributed by atoms with Gasteiger partial charge < -0.3 is 9.52 Å². The van der Waals surface area contributed by atoms with Gasteiger partial charge in [0, 0.05) is 11.8 Å². The Labute approximate surface area is 97.0 Å². The third-order valence-corrected chi connectivity index (χ3v) is 2.95. The predicted octanol–water partition coefficient (Wildman–Crippen LogP) is 3.64. The largest absolute Gasteiger partial charge is 0.460 e. The van der Waals surface area contributed by atoms with Crippen molar-refractivity contribution in [2.24, 2.45) is 0 Å². The van der Waals surface area contributed by atoms with Crippen LogP contribution in [0.15, 0.2) is 27.1 Å². The van der Waals surface area contributed by atoms with Crippen LogP contribution in [0.4, 0.5) is 0 Å². The molecule has 0 spiro atoms. The highest BCUT2D eigenvalue weighted by molar-refractivity contribution is 9.10. The van der Waals surface area contributed by atoms with E-state index in [0.29, 0.717) is 0 Å². The Morgan fingerprint density at radius 2 is 2.13 bits per heavy atom. The second-order valence-corrected chi connectivity index (χ2v) is 4.47. The fraction of sp³-hybridized carbons (Fsp3) is 0.333. The second-order valence-electron chi connectivity index (χ2n) is 3.62. The molecule has 0 aliphatic rings. The van der Waals surface area contributed by atoms with Crippen LogP contribution in [0.3, 0.4) is 0 Å². The average molecular weight is 269 g/mol. The van der Waals surface area contributed by atoms with Crippen molar-refractivity contribution in [1.82, 2.24) is 0 Å². The van der Waals surface area contributed by atoms with Gasteiger partial charge in [-0.15, -0.1) is 0 Å². The summed E-state index contributed by atoms with van der Waals surface area (Å²) in [5.74, 6) is 1.00. The van der Waals surface area contributed by atoms with E-state index in [0.717, 1.165) is 39.6 Å². The summed E-state index contributed by atoms with van der Waals surface area (Å²) in [6.45, 7) is 2.18. The van der Waals surface area contributed by atoms with Crippen LogP contribution < -0.4 is 0 Å². The van der Waals surface area contributed by atoms with Gasteiger partial charge in [0.25, 0.3) is 0 Å². The van der Waals surface area contributed by atoms with E-state index < -0.39 is 0 Å². The van der Waals surface area contributed by atoms with E-state index in [9.17, 15) is 0 Å². The number of hydrogen-bond donors (Lipinski definition) is 1. The van der Waals surface area contributed by atoms with E-state index in [2.05, 4.69) is 22.9 Å². The van der Waals surface area contributed by atoms with Gasteiger partial charge in [-0.3, -0.25) is 0 Å². The minimum absolute atomic E-state index is 0.0584. The molecule has 0 saturated carbocycles. The second kappa shape index (κ2) is 4.37. The maximum absolute atomic E-state index is 9.08. The molecule has 1 heterocycles. The number of aryl methyl sites for hydroxylation is 1. The summed E-state index contributed by atoms with van der Waals surface area (Å²) in [5.41, 5.74) is 1.77. The summed E-state index contributed by atoms with van der Waals surface area (Å²) in [4.78, 5) is 0. The summed E-state index contributed by atoms with van der Waals surface area (Å²) in [6.07, 6.45) is 2.03. The van der Waals surface area contributed by atoms with Crippen molar-refractivity contribution in [3.05, 3.63) is 34.0 Å². The molecule has 1 aromatic heterocycles. The zero-order valence-corrected chi connectivity index (χ0v) is 10.2. The zero-order chi connectivity index (χ0) is 10.8. The minimum atomic E-state index is 0.0584. The highest BCUT2D eigenvalue weighted by Gasteiger charge is 2.08. The summed E-state index contributed by atoms with van der Waals surface area (Å²) in [7, 11) is 0. The van der Waals surface area contributed by atoms with Crippen molar-refractivity contribution >= 4 is 26.9 Å². The lowest BCUT2D eigenvalue weighted by molar-refractivity contribution is 0.282. The zero-order valence-electron chi connectivity index (χ0n) is 8.59. The van der Waals surface area contributed by atoms with Gasteiger partial charge in [-0.1, -0.05) is 6.92 Å². The first kappa shape index (κ1) is 10.7. The summed E-state index contributed by atoms with van der Waals surface area (Å²) >= 11 is 3.45. The topological polar surface area (TPSA) is 33.4 Å². The molecule has 1 N–H and O–H groups in total. The number of halogens is 1. The normalized spacial score (nSPS) is 11.1. The Morgan fingerprint density at radius 3 is 2.80 bits per heavy atom. The quantitative estimate of drug-likeness (QED) is 0.922. The number of hydrogen-bond acceptors (Lipinski definition) is 2. The monoisotopic (exact) mass is 268 g/mol. The van der Waals surface area contributed by atoms with Crippen LogP contribution in [-0.4, -0.2) is 5.11 Å². The molecule has 80 valence electrons. The number of furan rings is 1. The van der Waals surface area contributed by atoms with Gasteiger partial charge in [-0.25, -0.2) is 0 Å². The van der Waals surface area contributed by atoms with Crippen LogP contribution in [0.5, 0.6) is 0 Å². The molecule has 0 bridgehead atoms. The molecule has 0 aliphatic heterocycles. The van der Waals surface area contributed by atoms with Gasteiger partial charge >= 0.3 is 0 Å². The Balaban J connectivity index is 2.54. The molecular formula is C12H13BrO2. The van der Waals surface area contributed by atoms with E-state index in [1.807, 2.05) is 18.2 Å². The molecule has 0 fully saturated rings. The smallest absolute Gasteiger partial charge is 0.148 e. The molecule has 1 aromatic carbocycles. The Hall–Kier alpha value is -0.800. The molecule has 0 atom stereocenters. The molecule has 0 unspecified atom stereocenters. The first-order valence-electron chi connectivity index (χ1n) is 5.06. The summed E-state index contributed by atoms with van der Waals surface area (Å²) in [6, 6.07) is 5.90. The lowest BCUT2D eigenvalue weighted by Gasteiger charge is -1.97. The van der Waals surface area contributed by atoms with Crippen molar-refractivity contribution in [3.8, 4) is 0 Å². The minimum Gasteiger partial charge on any atom is -0.460 e. The van der Waals surface area contributed by atoms with Crippen LogP contribution in [0.2, 0.25) is 0 Å². The molecule has 0 saturated heterocycles. The van der Waals surface area contributed by atoms with E-state index >= 15 is 0 Å². The van der Waals surface area contributed by atoms with Gasteiger partial charge in [0.05, 0.1) is 11.1 Å². The van der Waals surface area contributed by atoms with E-state index in [4.69, 9.17) is 9.52 Å². The number of fused-ring (bicyclic) bond motifs is 1. The summed E-state index contributed by atoms with van der Waals surface area (Å²) in [5, 5.41) is 10.1. The fourth-order valence-electron chi connectivity index (χ4n) is 1.68. The molecular weight excluding hydrogens is 256 g/mol. The van der Waals surface area contributed by atoms with Crippen LogP contribution in [-0.2, 0) is 13.0 Å². The van der Waals surface area contributed by atoms with E-state index in [1.54, 1.807) is 0 Å². The third kappa shape index (κ3) is 2.08. The van der Waals surface area contributed by atoms with Gasteiger partial charge in [-0.05, 0) is 46.1 Å². The lowest BCUT2D eigenvalue weighted by Crippen LogP contribution is -1.81. The van der Waals surface area contributed by atoms with Crippen molar-refractivity contribution in [2.45, 2.75) is 26.4 Å². The van der Waals surface area contributed by atoms with Gasteiger partial charge in [0.1, 0.15) is 11.3 Å². The molecule has 15 heavy (non-hydrogen) atoms. The number of aliphatic hydroxyl groups excluding tert-OH is 1. The maximum Gasteiger partial charge on any atom is 0.148 e. The van der Waals surface area contributed by atoms with E-state index in [1.165, 1.54) is 0 Å². The standard InChI is InChI=1S/C12H13BrO2/c1-2-3-10-6-9-4-8(7-14)5-11(13)12(9)15-10/h4-6,14H,2-3,7H2,1H3. The molecule has 0 radical (unpaired) electrons. The molecule has 2 nitrogen and oxygen atoms in total. The first-order valence-corrected chi connectivity index (χ1v) is 5.85. The summed E-state index contributed by atoms with van der Waals surface area (Å²) < 4.78 is 6.62. The molecule has 2 rings (SSSR count). The van der Waals surface area contributed by atoms with Crippen LogP contribution in [0, 0.1) is 0 Å². The Morgan fingerprint density at radius 1 is 1.33 bits per heavy atom. The maximum atomic E-state index is 9.08. The van der Waals surface area contributed by atoms with Crippen LogP contribution in [0.1, 0.15) is 24.7 Å². The average Bonchev–Trinajstić information content (AvgIpc) is 2.61. The van der Waals surface area contributed by atoms with Gasteiger partial charge in [0.15, 0.2) is 0 Å². The molecule has 0 aliphatic carbocycles. The molecule has 2 aromatic rings. The molecule has 3 heteroatoms. The van der Waals surface area contributed by atoms with Crippen molar-refractivity contribution in [3.63, 3.8) is 0 Å². The lowest BCUT2D eigenvalue weighted by atomic mass is 10.1. The van der Waals surface area contributed by atoms with E-state index in [-0.39, 0.29) is 6.61 Å². The number of benzene rings is 1.